The molecular formula is C17H17ClN4O2S. The average molecular weight is 377 g/mol. The van der Waals surface area contributed by atoms with Gasteiger partial charge >= 0.3 is 0 Å². The Labute approximate surface area is 154 Å². The first-order valence-corrected chi connectivity index (χ1v) is 8.89. The van der Waals surface area contributed by atoms with Gasteiger partial charge in [0.25, 0.3) is 0 Å². The fraction of sp³-hybridized carbons (Fsp3) is 0.235. The van der Waals surface area contributed by atoms with E-state index >= 15 is 0 Å². The molecule has 0 unspecified atom stereocenters. The van der Waals surface area contributed by atoms with Gasteiger partial charge in [0.1, 0.15) is 5.76 Å². The highest BCUT2D eigenvalue weighted by atomic mass is 35.5. The quantitative estimate of drug-likeness (QED) is 0.677. The number of thioether (sulfide) groups is 1. The summed E-state index contributed by atoms with van der Waals surface area (Å²) in [5, 5.41) is 12.0. The molecule has 0 aliphatic carbocycles. The molecular weight excluding hydrogens is 360 g/mol. The van der Waals surface area contributed by atoms with Crippen LogP contribution in [0.2, 0.25) is 5.02 Å². The lowest BCUT2D eigenvalue weighted by atomic mass is 10.2. The van der Waals surface area contributed by atoms with E-state index < -0.39 is 0 Å². The summed E-state index contributed by atoms with van der Waals surface area (Å²) in [6.07, 6.45) is 1.62. The van der Waals surface area contributed by atoms with Crippen molar-refractivity contribution in [1.82, 2.24) is 14.8 Å². The smallest absolute Gasteiger partial charge is 0.237 e. The summed E-state index contributed by atoms with van der Waals surface area (Å²) in [5.41, 5.74) is 1.48. The number of carbonyl (C=O) groups is 1. The highest BCUT2D eigenvalue weighted by Crippen LogP contribution is 2.29. The molecule has 3 aromatic rings. The zero-order valence-electron chi connectivity index (χ0n) is 14.0. The second-order valence-electron chi connectivity index (χ2n) is 5.48. The number of nitrogens with zero attached hydrogens (tertiary/aromatic N) is 3. The van der Waals surface area contributed by atoms with Crippen LogP contribution in [0.15, 0.2) is 46.2 Å². The minimum absolute atomic E-state index is 0.151. The highest BCUT2D eigenvalue weighted by molar-refractivity contribution is 8.00. The van der Waals surface area contributed by atoms with Crippen LogP contribution in [-0.2, 0) is 11.8 Å². The number of nitrogens with one attached hydrogen (secondary N) is 1. The molecule has 0 radical (unpaired) electrons. The Hall–Kier alpha value is -2.25. The summed E-state index contributed by atoms with van der Waals surface area (Å²) in [6.45, 7) is 3.69. The van der Waals surface area contributed by atoms with Crippen LogP contribution in [0.1, 0.15) is 12.7 Å². The molecule has 3 rings (SSSR count). The van der Waals surface area contributed by atoms with Gasteiger partial charge in [-0.25, -0.2) is 0 Å². The number of hydrogen-bond acceptors (Lipinski definition) is 5. The van der Waals surface area contributed by atoms with Crippen molar-refractivity contribution in [2.75, 3.05) is 5.32 Å². The Bertz CT molecular complexity index is 906. The molecule has 0 fully saturated rings. The van der Waals surface area contributed by atoms with Crippen molar-refractivity contribution in [3.63, 3.8) is 0 Å². The number of rotatable bonds is 5. The highest BCUT2D eigenvalue weighted by Gasteiger charge is 2.21. The van der Waals surface area contributed by atoms with Crippen LogP contribution in [0.5, 0.6) is 0 Å². The third kappa shape index (κ3) is 3.72. The number of carbonyl (C=O) groups excluding carboxylic acids is 1. The van der Waals surface area contributed by atoms with Crippen molar-refractivity contribution in [2.45, 2.75) is 24.3 Å². The number of amides is 1. The molecule has 0 aliphatic rings. The molecule has 1 N–H and O–H groups in total. The van der Waals surface area contributed by atoms with Crippen molar-refractivity contribution in [2.24, 2.45) is 7.05 Å². The summed E-state index contributed by atoms with van der Waals surface area (Å²) in [4.78, 5) is 12.4. The minimum atomic E-state index is -0.363. The van der Waals surface area contributed by atoms with Crippen LogP contribution in [0.4, 0.5) is 5.69 Å². The minimum Gasteiger partial charge on any atom is -0.469 e. The number of halogens is 1. The third-order valence-electron chi connectivity index (χ3n) is 3.72. The number of aryl methyl sites for hydroxylation is 1. The molecule has 25 heavy (non-hydrogen) atoms. The van der Waals surface area contributed by atoms with Crippen LogP contribution in [-0.4, -0.2) is 25.9 Å². The molecule has 0 saturated heterocycles. The number of anilines is 1. The molecule has 0 bridgehead atoms. The van der Waals surface area contributed by atoms with E-state index in [1.54, 1.807) is 18.4 Å². The van der Waals surface area contributed by atoms with E-state index in [9.17, 15) is 4.79 Å². The maximum Gasteiger partial charge on any atom is 0.237 e. The molecule has 0 saturated carbocycles. The summed E-state index contributed by atoms with van der Waals surface area (Å²) in [7, 11) is 1.86. The SMILES string of the molecule is Cc1occc1-c1nnc(S[C@@H](C)C(=O)Nc2ccccc2Cl)n1C. The van der Waals surface area contributed by atoms with Gasteiger partial charge in [0, 0.05) is 7.05 Å². The largest absolute Gasteiger partial charge is 0.469 e. The van der Waals surface area contributed by atoms with E-state index in [1.165, 1.54) is 11.8 Å². The first-order valence-electron chi connectivity index (χ1n) is 7.63. The molecule has 2 heterocycles. The van der Waals surface area contributed by atoms with Crippen LogP contribution < -0.4 is 5.32 Å². The van der Waals surface area contributed by atoms with Crippen molar-refractivity contribution in [1.29, 1.82) is 0 Å². The molecule has 1 amide bonds. The maximum absolute atomic E-state index is 12.4. The number of furan rings is 1. The molecule has 8 heteroatoms. The van der Waals surface area contributed by atoms with Gasteiger partial charge in [-0.15, -0.1) is 10.2 Å². The molecule has 130 valence electrons. The van der Waals surface area contributed by atoms with Crippen molar-refractivity contribution in [3.05, 3.63) is 47.4 Å². The monoisotopic (exact) mass is 376 g/mol. The van der Waals surface area contributed by atoms with E-state index in [-0.39, 0.29) is 11.2 Å². The molecule has 0 aliphatic heterocycles. The van der Waals surface area contributed by atoms with E-state index in [4.69, 9.17) is 16.0 Å². The Morgan fingerprint density at radius 3 is 2.76 bits per heavy atom. The van der Waals surface area contributed by atoms with Gasteiger partial charge in [-0.1, -0.05) is 35.5 Å². The van der Waals surface area contributed by atoms with E-state index in [0.717, 1.165) is 11.3 Å². The Balaban J connectivity index is 1.72. The summed E-state index contributed by atoms with van der Waals surface area (Å²) in [5.74, 6) is 1.33. The first kappa shape index (κ1) is 17.6. The van der Waals surface area contributed by atoms with Gasteiger partial charge in [0.05, 0.1) is 27.8 Å². The molecule has 6 nitrogen and oxygen atoms in total. The Kier molecular flexibility index (Phi) is 5.15. The predicted octanol–water partition coefficient (Wildman–Crippen LogP) is 4.16. The number of aromatic nitrogens is 3. The molecule has 1 aromatic carbocycles. The first-order chi connectivity index (χ1) is 12.0. The van der Waals surface area contributed by atoms with Crippen LogP contribution in [0.3, 0.4) is 0 Å². The fourth-order valence-corrected chi connectivity index (χ4v) is 3.28. The van der Waals surface area contributed by atoms with E-state index in [1.807, 2.05) is 43.7 Å². The lowest BCUT2D eigenvalue weighted by molar-refractivity contribution is -0.115. The third-order valence-corrected chi connectivity index (χ3v) is 5.18. The summed E-state index contributed by atoms with van der Waals surface area (Å²) >= 11 is 7.41. The van der Waals surface area contributed by atoms with E-state index in [0.29, 0.717) is 21.7 Å². The van der Waals surface area contributed by atoms with Gasteiger partial charge in [-0.2, -0.15) is 0 Å². The van der Waals surface area contributed by atoms with Gasteiger partial charge in [-0.3, -0.25) is 4.79 Å². The average Bonchev–Trinajstić information content (AvgIpc) is 3.16. The molecule has 2 aromatic heterocycles. The zero-order chi connectivity index (χ0) is 18.0. The van der Waals surface area contributed by atoms with Crippen molar-refractivity contribution >= 4 is 35.0 Å². The lowest BCUT2D eigenvalue weighted by Gasteiger charge is -2.12. The normalized spacial score (nSPS) is 12.2. The molecule has 0 spiro atoms. The van der Waals surface area contributed by atoms with Crippen LogP contribution in [0, 0.1) is 6.92 Å². The number of benzene rings is 1. The Morgan fingerprint density at radius 1 is 1.32 bits per heavy atom. The second-order valence-corrected chi connectivity index (χ2v) is 7.20. The molecule has 1 atom stereocenters. The van der Waals surface area contributed by atoms with Crippen molar-refractivity contribution < 1.29 is 9.21 Å². The van der Waals surface area contributed by atoms with Crippen LogP contribution >= 0.6 is 23.4 Å². The van der Waals surface area contributed by atoms with Crippen LogP contribution in [0.25, 0.3) is 11.4 Å². The lowest BCUT2D eigenvalue weighted by Crippen LogP contribution is -2.23. The summed E-state index contributed by atoms with van der Waals surface area (Å²) in [6, 6.07) is 8.98. The topological polar surface area (TPSA) is 72.9 Å². The van der Waals surface area contributed by atoms with Gasteiger partial charge in [-0.05, 0) is 32.0 Å². The number of hydrogen-bond donors (Lipinski definition) is 1. The van der Waals surface area contributed by atoms with E-state index in [2.05, 4.69) is 15.5 Å². The van der Waals surface area contributed by atoms with Gasteiger partial charge in [0.2, 0.25) is 5.91 Å². The second kappa shape index (κ2) is 7.33. The standard InChI is InChI=1S/C17H17ClN4O2S/c1-10-12(8-9-24-10)15-20-21-17(22(15)3)25-11(2)16(23)19-14-7-5-4-6-13(14)18/h4-9,11H,1-3H3,(H,19,23)/t11-/m0/s1. The maximum atomic E-state index is 12.4. The number of para-hydroxylation sites is 1. The fourth-order valence-electron chi connectivity index (χ4n) is 2.28. The summed E-state index contributed by atoms with van der Waals surface area (Å²) < 4.78 is 7.16. The van der Waals surface area contributed by atoms with Crippen molar-refractivity contribution in [3.8, 4) is 11.4 Å². The zero-order valence-corrected chi connectivity index (χ0v) is 15.6. The van der Waals surface area contributed by atoms with Gasteiger partial charge in [0.15, 0.2) is 11.0 Å². The Morgan fingerprint density at radius 2 is 2.08 bits per heavy atom. The predicted molar refractivity (Wildman–Crippen MR) is 98.8 cm³/mol. The van der Waals surface area contributed by atoms with Gasteiger partial charge < -0.3 is 14.3 Å².